The third-order valence-electron chi connectivity index (χ3n) is 12.3. The minimum atomic E-state index is -4.83. The van der Waals surface area contributed by atoms with Gasteiger partial charge in [-0.25, -0.2) is 4.98 Å². The van der Waals surface area contributed by atoms with Crippen LogP contribution in [-0.4, -0.2) is 121 Å². The highest BCUT2D eigenvalue weighted by molar-refractivity contribution is 7.80. The van der Waals surface area contributed by atoms with Gasteiger partial charge in [0.15, 0.2) is 10.8 Å². The van der Waals surface area contributed by atoms with Crippen LogP contribution in [0.4, 0.5) is 24.5 Å². The largest absolute Gasteiger partial charge is 0.419 e. The molecule has 0 spiro atoms. The molecule has 0 bridgehead atoms. The standard InChI is InChI=1S/C41H49F3N10O5S/c1-23-20-51(21-24(2)52(23)22-34(56)47-31-8-6-7-28-35(49-50(5)36(28)31)29-13-14-33(55)48-37(29)57)15-16-59-27-11-9-25(10-12-27)54-39(60)53(38(58)40(54,3)4)26-17-30(41(42,43)44)32(18-45)46-19-26/h6-8,17,19,23-25,27,29H,9-16,20-22H2,1-5H3,(H,47,56)(H,48,55,57)/t23-,24+,25?,27?,29?. The van der Waals surface area contributed by atoms with E-state index < -0.39 is 34.8 Å². The Hall–Kier alpha value is -5.03. The molecule has 0 radical (unpaired) electrons. The number of aryl methyl sites for hydroxylation is 1. The summed E-state index contributed by atoms with van der Waals surface area (Å²) in [6.45, 7) is 10.6. The van der Waals surface area contributed by atoms with Crippen LogP contribution in [0.1, 0.15) is 89.1 Å². The Bertz CT molecular complexity index is 2240. The molecule has 7 rings (SSSR count). The van der Waals surface area contributed by atoms with Gasteiger partial charge in [-0.05, 0) is 84.1 Å². The molecule has 1 saturated carbocycles. The van der Waals surface area contributed by atoms with Crippen molar-refractivity contribution in [2.75, 3.05) is 43.0 Å². The number of alkyl halides is 3. The monoisotopic (exact) mass is 850 g/mol. The van der Waals surface area contributed by atoms with Gasteiger partial charge in [-0.2, -0.15) is 23.5 Å². The van der Waals surface area contributed by atoms with E-state index in [9.17, 15) is 37.6 Å². The molecule has 3 aromatic rings. The number of nitriles is 1. The first-order chi connectivity index (χ1) is 28.4. The average Bonchev–Trinajstić information content (AvgIpc) is 3.61. The number of anilines is 2. The van der Waals surface area contributed by atoms with Crippen molar-refractivity contribution in [2.45, 2.75) is 108 Å². The molecule has 2 N–H and O–H groups in total. The third kappa shape index (κ3) is 8.34. The number of nitrogens with one attached hydrogen (secondary N) is 2. The number of nitrogens with zero attached hydrogens (tertiary/aromatic N) is 8. The summed E-state index contributed by atoms with van der Waals surface area (Å²) < 4.78 is 49.2. The smallest absolute Gasteiger partial charge is 0.377 e. The molecule has 60 heavy (non-hydrogen) atoms. The van der Waals surface area contributed by atoms with Crippen LogP contribution >= 0.6 is 12.2 Å². The number of benzene rings is 1. The number of carbonyl (C=O) groups excluding carboxylic acids is 4. The maximum absolute atomic E-state index is 13.7. The molecule has 4 fully saturated rings. The molecule has 19 heteroatoms. The van der Waals surface area contributed by atoms with Crippen LogP contribution in [0.3, 0.4) is 0 Å². The van der Waals surface area contributed by atoms with Crippen molar-refractivity contribution in [2.24, 2.45) is 7.05 Å². The average molecular weight is 851 g/mol. The number of piperidine rings is 1. The Morgan fingerprint density at radius 2 is 1.80 bits per heavy atom. The van der Waals surface area contributed by atoms with E-state index in [-0.39, 0.29) is 65.7 Å². The highest BCUT2D eigenvalue weighted by Crippen LogP contribution is 2.40. The van der Waals surface area contributed by atoms with Gasteiger partial charge in [0.2, 0.25) is 17.7 Å². The lowest BCUT2D eigenvalue weighted by molar-refractivity contribution is -0.138. The van der Waals surface area contributed by atoms with Gasteiger partial charge in [0.25, 0.3) is 5.91 Å². The van der Waals surface area contributed by atoms with Crippen LogP contribution in [0.5, 0.6) is 0 Å². The Labute approximate surface area is 351 Å². The molecule has 3 saturated heterocycles. The molecule has 4 amide bonds. The number of piperazine rings is 1. The van der Waals surface area contributed by atoms with Crippen LogP contribution in [0.2, 0.25) is 0 Å². The number of carbonyl (C=O) groups is 4. The highest BCUT2D eigenvalue weighted by atomic mass is 32.1. The molecule has 1 aromatic carbocycles. The maximum atomic E-state index is 13.7. The van der Waals surface area contributed by atoms with Crippen molar-refractivity contribution in [3.05, 3.63) is 47.4 Å². The van der Waals surface area contributed by atoms with E-state index in [0.29, 0.717) is 42.8 Å². The number of ether oxygens (including phenoxy) is 1. The fourth-order valence-corrected chi connectivity index (χ4v) is 9.91. The summed E-state index contributed by atoms with van der Waals surface area (Å²) in [6, 6.07) is 7.81. The Balaban J connectivity index is 0.884. The highest BCUT2D eigenvalue weighted by Gasteiger charge is 2.53. The number of fused-ring (bicyclic) bond motifs is 1. The lowest BCUT2D eigenvalue weighted by atomic mass is 9.89. The molecule has 320 valence electrons. The summed E-state index contributed by atoms with van der Waals surface area (Å²) in [5.74, 6) is -1.82. The van der Waals surface area contributed by atoms with Gasteiger partial charge < -0.3 is 15.0 Å². The first kappa shape index (κ1) is 43.1. The summed E-state index contributed by atoms with van der Waals surface area (Å²) in [6.07, 6.45) is -0.304. The van der Waals surface area contributed by atoms with E-state index in [0.717, 1.165) is 55.0 Å². The van der Waals surface area contributed by atoms with E-state index in [2.05, 4.69) is 44.4 Å². The van der Waals surface area contributed by atoms with Gasteiger partial charge in [0.05, 0.1) is 59.5 Å². The lowest BCUT2D eigenvalue weighted by Gasteiger charge is -2.44. The van der Waals surface area contributed by atoms with E-state index in [1.807, 2.05) is 23.1 Å². The first-order valence-electron chi connectivity index (χ1n) is 20.2. The van der Waals surface area contributed by atoms with Crippen LogP contribution in [0.15, 0.2) is 30.5 Å². The van der Waals surface area contributed by atoms with Crippen LogP contribution in [-0.2, 0) is 37.1 Å². The Morgan fingerprint density at radius 3 is 2.45 bits per heavy atom. The van der Waals surface area contributed by atoms with Crippen LogP contribution in [0, 0.1) is 11.3 Å². The molecule has 4 aliphatic rings. The number of imide groups is 1. The number of hydrogen-bond donors (Lipinski definition) is 2. The summed E-state index contributed by atoms with van der Waals surface area (Å²) in [7, 11) is 1.77. The topological polar surface area (TPSA) is 169 Å². The predicted molar refractivity (Wildman–Crippen MR) is 218 cm³/mol. The van der Waals surface area contributed by atoms with Crippen molar-refractivity contribution in [1.82, 2.24) is 34.8 Å². The second kappa shape index (κ2) is 16.8. The van der Waals surface area contributed by atoms with Crippen LogP contribution in [0.25, 0.3) is 10.9 Å². The van der Waals surface area contributed by atoms with Gasteiger partial charge in [-0.1, -0.05) is 12.1 Å². The number of aromatic nitrogens is 3. The molecule has 3 atom stereocenters. The summed E-state index contributed by atoms with van der Waals surface area (Å²) in [4.78, 5) is 62.6. The summed E-state index contributed by atoms with van der Waals surface area (Å²) >= 11 is 5.72. The van der Waals surface area contributed by atoms with E-state index >= 15 is 0 Å². The zero-order valence-electron chi connectivity index (χ0n) is 34.2. The van der Waals surface area contributed by atoms with Gasteiger partial charge in [0, 0.05) is 56.6 Å². The fourth-order valence-electron chi connectivity index (χ4n) is 9.34. The lowest BCUT2D eigenvalue weighted by Crippen LogP contribution is -2.58. The van der Waals surface area contributed by atoms with E-state index in [1.54, 1.807) is 25.6 Å². The molecular weight excluding hydrogens is 802 g/mol. The Morgan fingerprint density at radius 1 is 1.10 bits per heavy atom. The van der Waals surface area contributed by atoms with E-state index in [4.69, 9.17) is 17.0 Å². The number of amides is 4. The second-order valence-corrected chi connectivity index (χ2v) is 17.1. The Kier molecular flexibility index (Phi) is 12.1. The number of pyridine rings is 1. The molecule has 1 unspecified atom stereocenters. The molecule has 3 aliphatic heterocycles. The zero-order chi connectivity index (χ0) is 43.3. The molecular formula is C41H49F3N10O5S. The third-order valence-corrected chi connectivity index (χ3v) is 12.7. The van der Waals surface area contributed by atoms with Crippen molar-refractivity contribution >= 4 is 63.2 Å². The number of halogens is 3. The second-order valence-electron chi connectivity index (χ2n) is 16.7. The minimum Gasteiger partial charge on any atom is -0.377 e. The minimum absolute atomic E-state index is 0.00761. The number of thiocarbonyl (C=S) groups is 1. The predicted octanol–water partition coefficient (Wildman–Crippen LogP) is 4.45. The van der Waals surface area contributed by atoms with Crippen molar-refractivity contribution < 1.29 is 37.1 Å². The molecule has 1 aliphatic carbocycles. The molecule has 5 heterocycles. The van der Waals surface area contributed by atoms with Gasteiger partial charge in [-0.15, -0.1) is 0 Å². The molecule has 15 nitrogen and oxygen atoms in total. The normalized spacial score (nSPS) is 25.5. The van der Waals surface area contributed by atoms with Crippen molar-refractivity contribution in [3.8, 4) is 6.07 Å². The zero-order valence-corrected chi connectivity index (χ0v) is 35.0. The fraction of sp³-hybridized carbons (Fsp3) is 0.561. The summed E-state index contributed by atoms with van der Waals surface area (Å²) in [5.41, 5.74) is -1.33. The van der Waals surface area contributed by atoms with Gasteiger partial charge in [-0.3, -0.25) is 43.9 Å². The van der Waals surface area contributed by atoms with Crippen molar-refractivity contribution in [1.29, 1.82) is 5.26 Å². The number of hydrogen-bond acceptors (Lipinski definition) is 11. The number of rotatable bonds is 10. The first-order valence-corrected chi connectivity index (χ1v) is 20.6. The SMILES string of the molecule is C[C@@H]1CN(CCOC2CCC(N3C(=S)N(c4cnc(C#N)c(C(F)(F)F)c4)C(=O)C3(C)C)CC2)C[C@H](C)N1CC(=O)Nc1cccc2c(C3CCC(=O)NC3=O)nn(C)c12. The van der Waals surface area contributed by atoms with Crippen molar-refractivity contribution in [3.63, 3.8) is 0 Å². The summed E-state index contributed by atoms with van der Waals surface area (Å²) in [5, 5.41) is 20.1. The molecule has 2 aromatic heterocycles. The van der Waals surface area contributed by atoms with E-state index in [1.165, 1.54) is 6.07 Å². The van der Waals surface area contributed by atoms with Gasteiger partial charge >= 0.3 is 6.18 Å². The van der Waals surface area contributed by atoms with Crippen LogP contribution < -0.4 is 15.5 Å². The number of para-hydroxylation sites is 1. The quantitative estimate of drug-likeness (QED) is 0.218. The maximum Gasteiger partial charge on any atom is 0.419 e. The van der Waals surface area contributed by atoms with Gasteiger partial charge in [0.1, 0.15) is 11.6 Å².